The Morgan fingerprint density at radius 3 is 1.07 bits per heavy atom. The van der Waals surface area contributed by atoms with Crippen LogP contribution >= 0.6 is 0 Å². The number of alkyl halides is 6. The highest BCUT2D eigenvalue weighted by Crippen LogP contribution is 2.50. The van der Waals surface area contributed by atoms with Gasteiger partial charge in [0.05, 0.1) is 0 Å². The minimum atomic E-state index is -6.09. The first-order valence-electron chi connectivity index (χ1n) is 3.33. The second-order valence-corrected chi connectivity index (χ2v) is 3.26. The lowest BCUT2D eigenvalue weighted by Crippen LogP contribution is -2.67. The molecule has 14 heavy (non-hydrogen) atoms. The first kappa shape index (κ1) is 13.5. The van der Waals surface area contributed by atoms with E-state index in [2.05, 4.69) is 0 Å². The summed E-state index contributed by atoms with van der Waals surface area (Å²) >= 11 is 0. The molecule has 0 bridgehead atoms. The Morgan fingerprint density at radius 1 is 0.786 bits per heavy atom. The molecule has 0 aliphatic rings. The van der Waals surface area contributed by atoms with E-state index in [-0.39, 0.29) is 13.8 Å². The van der Waals surface area contributed by atoms with Crippen LogP contribution in [0.4, 0.5) is 26.3 Å². The van der Waals surface area contributed by atoms with Gasteiger partial charge < -0.3 is 10.2 Å². The molecule has 86 valence electrons. The SMILES string of the molecule is CC(C)(O)C(F)(C(O)(F)F)C(F)(F)F. The fourth-order valence-corrected chi connectivity index (χ4v) is 0.885. The zero-order valence-electron chi connectivity index (χ0n) is 7.16. The van der Waals surface area contributed by atoms with Gasteiger partial charge in [0.1, 0.15) is 5.60 Å². The van der Waals surface area contributed by atoms with Crippen LogP contribution in [0, 0.1) is 0 Å². The van der Waals surface area contributed by atoms with E-state index in [9.17, 15) is 26.3 Å². The molecule has 8 heteroatoms. The van der Waals surface area contributed by atoms with Crippen LogP contribution in [0.3, 0.4) is 0 Å². The Bertz CT molecular complexity index is 174. The van der Waals surface area contributed by atoms with Crippen LogP contribution in [0.5, 0.6) is 0 Å². The first-order valence-corrected chi connectivity index (χ1v) is 3.33. The molecular formula is C6H8F6O2. The van der Waals surface area contributed by atoms with Crippen LogP contribution in [0.25, 0.3) is 0 Å². The summed E-state index contributed by atoms with van der Waals surface area (Å²) in [5.74, 6) is 0. The van der Waals surface area contributed by atoms with Gasteiger partial charge in [0.25, 0.3) is 0 Å². The maximum absolute atomic E-state index is 12.9. The fraction of sp³-hybridized carbons (Fsp3) is 1.00. The van der Waals surface area contributed by atoms with Crippen LogP contribution in [0.1, 0.15) is 13.8 Å². The van der Waals surface area contributed by atoms with Crippen molar-refractivity contribution in [2.75, 3.05) is 0 Å². The molecule has 0 fully saturated rings. The molecule has 2 N–H and O–H groups in total. The van der Waals surface area contributed by atoms with Crippen molar-refractivity contribution >= 4 is 0 Å². The summed E-state index contributed by atoms with van der Waals surface area (Å²) in [4.78, 5) is 0. The Labute approximate surface area is 75.1 Å². The summed E-state index contributed by atoms with van der Waals surface area (Å²) in [5.41, 5.74) is -8.88. The molecule has 0 amide bonds. The fourth-order valence-electron chi connectivity index (χ4n) is 0.885. The van der Waals surface area contributed by atoms with Crippen LogP contribution in [-0.2, 0) is 0 Å². The minimum absolute atomic E-state index is 0.185. The molecule has 0 radical (unpaired) electrons. The average Bonchev–Trinajstić information content (AvgIpc) is 1.77. The molecule has 0 aromatic heterocycles. The average molecular weight is 226 g/mol. The van der Waals surface area contributed by atoms with E-state index in [1.54, 1.807) is 0 Å². The maximum atomic E-state index is 12.9. The van der Waals surface area contributed by atoms with E-state index in [0.29, 0.717) is 0 Å². The summed E-state index contributed by atoms with van der Waals surface area (Å²) < 4.78 is 72.8. The molecule has 1 unspecified atom stereocenters. The predicted octanol–water partition coefficient (Wildman–Crippen LogP) is 1.61. The molecular weight excluding hydrogens is 218 g/mol. The zero-order chi connectivity index (χ0) is 12.0. The van der Waals surface area contributed by atoms with Crippen molar-refractivity contribution in [2.45, 2.75) is 37.4 Å². The summed E-state index contributed by atoms with van der Waals surface area (Å²) in [5, 5.41) is 16.5. The van der Waals surface area contributed by atoms with Gasteiger partial charge in [-0.2, -0.15) is 22.0 Å². The number of halogens is 6. The maximum Gasteiger partial charge on any atom is 0.434 e. The van der Waals surface area contributed by atoms with Gasteiger partial charge in [-0.05, 0) is 13.8 Å². The van der Waals surface area contributed by atoms with Gasteiger partial charge in [-0.1, -0.05) is 0 Å². The van der Waals surface area contributed by atoms with Gasteiger partial charge in [0.2, 0.25) is 0 Å². The van der Waals surface area contributed by atoms with E-state index in [1.165, 1.54) is 0 Å². The smallest absolute Gasteiger partial charge is 0.386 e. The van der Waals surface area contributed by atoms with Gasteiger partial charge in [0, 0.05) is 0 Å². The molecule has 0 heterocycles. The highest BCUT2D eigenvalue weighted by atomic mass is 19.4. The topological polar surface area (TPSA) is 40.5 Å². The normalized spacial score (nSPS) is 19.3. The minimum Gasteiger partial charge on any atom is -0.386 e. The Balaban J connectivity index is 5.54. The molecule has 0 aromatic carbocycles. The van der Waals surface area contributed by atoms with Gasteiger partial charge >= 0.3 is 18.0 Å². The third-order valence-corrected chi connectivity index (χ3v) is 1.65. The van der Waals surface area contributed by atoms with Crippen molar-refractivity contribution in [1.29, 1.82) is 0 Å². The Kier molecular flexibility index (Phi) is 2.89. The van der Waals surface area contributed by atoms with E-state index in [4.69, 9.17) is 10.2 Å². The van der Waals surface area contributed by atoms with Crippen LogP contribution in [0.15, 0.2) is 0 Å². The zero-order valence-corrected chi connectivity index (χ0v) is 7.16. The molecule has 0 rings (SSSR count). The number of hydrogen-bond donors (Lipinski definition) is 2. The Morgan fingerprint density at radius 2 is 1.07 bits per heavy atom. The summed E-state index contributed by atoms with van der Waals surface area (Å²) in [6, 6.07) is 0. The van der Waals surface area contributed by atoms with Crippen molar-refractivity contribution in [2.24, 2.45) is 0 Å². The highest BCUT2D eigenvalue weighted by molar-refractivity contribution is 5.05. The summed E-state index contributed by atoms with van der Waals surface area (Å²) in [6.07, 6.45) is -11.8. The Hall–Kier alpha value is -0.500. The quantitative estimate of drug-likeness (QED) is 0.702. The molecule has 2 nitrogen and oxygen atoms in total. The summed E-state index contributed by atoms with van der Waals surface area (Å²) in [6.45, 7) is 0.370. The standard InChI is InChI=1S/C6H8F6O2/c1-3(2,13)4(7,5(8,9)10)6(11,12)14/h13-14H,1-2H3. The monoisotopic (exact) mass is 226 g/mol. The largest absolute Gasteiger partial charge is 0.434 e. The van der Waals surface area contributed by atoms with Crippen LogP contribution in [0.2, 0.25) is 0 Å². The van der Waals surface area contributed by atoms with Crippen molar-refractivity contribution < 1.29 is 36.6 Å². The predicted molar refractivity (Wildman–Crippen MR) is 33.4 cm³/mol. The lowest BCUT2D eigenvalue weighted by atomic mass is 9.86. The molecule has 1 atom stereocenters. The number of aliphatic hydroxyl groups is 2. The van der Waals surface area contributed by atoms with Crippen molar-refractivity contribution in [3.8, 4) is 0 Å². The lowest BCUT2D eigenvalue weighted by Gasteiger charge is -2.39. The van der Waals surface area contributed by atoms with E-state index < -0.39 is 23.6 Å². The molecule has 0 saturated heterocycles. The molecule has 0 aliphatic heterocycles. The van der Waals surface area contributed by atoms with Gasteiger partial charge in [-0.25, -0.2) is 4.39 Å². The van der Waals surface area contributed by atoms with Crippen LogP contribution in [-0.4, -0.2) is 33.8 Å². The van der Waals surface area contributed by atoms with Crippen molar-refractivity contribution in [1.82, 2.24) is 0 Å². The second-order valence-electron chi connectivity index (χ2n) is 3.26. The van der Waals surface area contributed by atoms with E-state index >= 15 is 0 Å². The van der Waals surface area contributed by atoms with E-state index in [0.717, 1.165) is 0 Å². The van der Waals surface area contributed by atoms with Crippen molar-refractivity contribution in [3.63, 3.8) is 0 Å². The van der Waals surface area contributed by atoms with Crippen molar-refractivity contribution in [3.05, 3.63) is 0 Å². The van der Waals surface area contributed by atoms with Gasteiger partial charge in [-0.3, -0.25) is 0 Å². The highest BCUT2D eigenvalue weighted by Gasteiger charge is 2.77. The third kappa shape index (κ3) is 1.81. The lowest BCUT2D eigenvalue weighted by molar-refractivity contribution is -0.403. The molecule has 0 saturated carbocycles. The molecule has 0 aliphatic carbocycles. The van der Waals surface area contributed by atoms with Crippen LogP contribution < -0.4 is 0 Å². The second kappa shape index (κ2) is 2.99. The number of rotatable bonds is 2. The molecule has 0 spiro atoms. The summed E-state index contributed by atoms with van der Waals surface area (Å²) in [7, 11) is 0. The first-order chi connectivity index (χ1) is 5.75. The third-order valence-electron chi connectivity index (χ3n) is 1.65. The molecule has 0 aromatic rings. The van der Waals surface area contributed by atoms with Gasteiger partial charge in [-0.15, -0.1) is 0 Å². The number of hydrogen-bond acceptors (Lipinski definition) is 2. The van der Waals surface area contributed by atoms with Gasteiger partial charge in [0.15, 0.2) is 0 Å². The van der Waals surface area contributed by atoms with E-state index in [1.807, 2.05) is 0 Å².